The topological polar surface area (TPSA) is 74.2 Å². The second-order valence-corrected chi connectivity index (χ2v) is 6.89. The van der Waals surface area contributed by atoms with Gasteiger partial charge in [-0.05, 0) is 56.2 Å². The van der Waals surface area contributed by atoms with E-state index in [1.807, 2.05) is 31.2 Å². The Morgan fingerprint density at radius 2 is 1.96 bits per heavy atom. The Balaban J connectivity index is 1.62. The molecule has 1 aliphatic carbocycles. The quantitative estimate of drug-likeness (QED) is 0.764. The van der Waals surface area contributed by atoms with Gasteiger partial charge in [0.1, 0.15) is 5.82 Å². The van der Waals surface area contributed by atoms with Crippen LogP contribution in [0.15, 0.2) is 24.3 Å². The van der Waals surface area contributed by atoms with Gasteiger partial charge in [-0.3, -0.25) is 0 Å². The molecule has 1 fully saturated rings. The molecule has 0 unspecified atom stereocenters. The van der Waals surface area contributed by atoms with Crippen LogP contribution in [0.1, 0.15) is 31.2 Å². The third kappa shape index (κ3) is 3.90. The first-order valence-corrected chi connectivity index (χ1v) is 8.70. The highest BCUT2D eigenvalue weighted by atomic mass is 35.5. The van der Waals surface area contributed by atoms with Crippen LogP contribution < -0.4 is 10.6 Å². The molecule has 2 aromatic rings. The number of amides is 1. The van der Waals surface area contributed by atoms with Crippen molar-refractivity contribution in [3.05, 3.63) is 34.9 Å². The molecule has 6 heteroatoms. The Bertz CT molecular complexity index is 742. The first-order valence-electron chi connectivity index (χ1n) is 8.32. The van der Waals surface area contributed by atoms with E-state index in [4.69, 9.17) is 16.7 Å². The van der Waals surface area contributed by atoms with Crippen molar-refractivity contribution in [1.82, 2.24) is 10.3 Å². The number of hydrogen-bond donors (Lipinski definition) is 3. The number of aromatic nitrogens is 1. The molecule has 0 atom stereocenters. The highest BCUT2D eigenvalue weighted by Gasteiger charge is 2.21. The lowest BCUT2D eigenvalue weighted by atomic mass is 9.86. The minimum atomic E-state index is -0.942. The van der Waals surface area contributed by atoms with Gasteiger partial charge in [-0.25, -0.2) is 9.78 Å². The zero-order chi connectivity index (χ0) is 17.1. The van der Waals surface area contributed by atoms with Gasteiger partial charge in [0, 0.05) is 18.0 Å². The van der Waals surface area contributed by atoms with Gasteiger partial charge in [-0.1, -0.05) is 23.7 Å². The van der Waals surface area contributed by atoms with E-state index in [0.717, 1.165) is 48.0 Å². The van der Waals surface area contributed by atoms with E-state index in [1.165, 1.54) is 0 Å². The molecule has 1 heterocycles. The number of nitrogens with zero attached hydrogens (tertiary/aromatic N) is 1. The van der Waals surface area contributed by atoms with Gasteiger partial charge in [-0.2, -0.15) is 0 Å². The number of nitrogens with one attached hydrogen (secondary N) is 2. The van der Waals surface area contributed by atoms with E-state index >= 15 is 0 Å². The van der Waals surface area contributed by atoms with Crippen molar-refractivity contribution >= 4 is 34.4 Å². The summed E-state index contributed by atoms with van der Waals surface area (Å²) in [6, 6.07) is 8.45. The molecule has 0 saturated heterocycles. The fraction of sp³-hybridized carbons (Fsp3) is 0.444. The summed E-state index contributed by atoms with van der Waals surface area (Å²) in [5, 5.41) is 16.4. The lowest BCUT2D eigenvalue weighted by molar-refractivity contribution is 0.190. The zero-order valence-corrected chi connectivity index (χ0v) is 14.4. The number of halogens is 1. The molecule has 128 valence electrons. The van der Waals surface area contributed by atoms with E-state index < -0.39 is 6.09 Å². The molecule has 3 rings (SSSR count). The summed E-state index contributed by atoms with van der Waals surface area (Å²) in [7, 11) is 0. The van der Waals surface area contributed by atoms with Gasteiger partial charge in [0.2, 0.25) is 0 Å². The van der Waals surface area contributed by atoms with Crippen LogP contribution in [0, 0.1) is 12.8 Å². The number of fused-ring (bicyclic) bond motifs is 1. The van der Waals surface area contributed by atoms with E-state index in [-0.39, 0.29) is 0 Å². The Kier molecular flexibility index (Phi) is 5.09. The minimum Gasteiger partial charge on any atom is -0.465 e. The number of carbonyl (C=O) groups is 1. The standard InChI is InChI=1S/C18H22ClN3O2/c1-11-2-5-13-6-9-15(22-17(13)16(11)19)21-14-7-3-12(4-8-14)10-20-18(23)24/h2,5-6,9,12,14,20H,3-4,7-8,10H2,1H3,(H,21,22)(H,23,24). The lowest BCUT2D eigenvalue weighted by Crippen LogP contribution is -2.33. The summed E-state index contributed by atoms with van der Waals surface area (Å²) >= 11 is 6.37. The van der Waals surface area contributed by atoms with Crippen LogP contribution in [0.5, 0.6) is 0 Å². The molecule has 0 bridgehead atoms. The van der Waals surface area contributed by atoms with Crippen molar-refractivity contribution in [2.45, 2.75) is 38.6 Å². The summed E-state index contributed by atoms with van der Waals surface area (Å²) in [5.41, 5.74) is 1.86. The van der Waals surface area contributed by atoms with Crippen LogP contribution in [0.3, 0.4) is 0 Å². The summed E-state index contributed by atoms with van der Waals surface area (Å²) in [4.78, 5) is 15.2. The molecule has 5 nitrogen and oxygen atoms in total. The van der Waals surface area contributed by atoms with Crippen LogP contribution in [-0.4, -0.2) is 28.8 Å². The van der Waals surface area contributed by atoms with Crippen LogP contribution >= 0.6 is 11.6 Å². The van der Waals surface area contributed by atoms with Crippen molar-refractivity contribution in [2.75, 3.05) is 11.9 Å². The number of aryl methyl sites for hydroxylation is 1. The molecular formula is C18H22ClN3O2. The van der Waals surface area contributed by atoms with Crippen LogP contribution in [0.4, 0.5) is 10.6 Å². The zero-order valence-electron chi connectivity index (χ0n) is 13.7. The Morgan fingerprint density at radius 1 is 1.25 bits per heavy atom. The van der Waals surface area contributed by atoms with Gasteiger partial charge < -0.3 is 15.7 Å². The first-order chi connectivity index (χ1) is 11.5. The van der Waals surface area contributed by atoms with Gasteiger partial charge in [0.25, 0.3) is 0 Å². The van der Waals surface area contributed by atoms with Crippen molar-refractivity contribution in [3.8, 4) is 0 Å². The van der Waals surface area contributed by atoms with Crippen molar-refractivity contribution in [2.24, 2.45) is 5.92 Å². The van der Waals surface area contributed by atoms with Gasteiger partial charge in [0.15, 0.2) is 0 Å². The fourth-order valence-electron chi connectivity index (χ4n) is 3.29. The number of hydrogen-bond acceptors (Lipinski definition) is 3. The molecule has 0 radical (unpaired) electrons. The van der Waals surface area contributed by atoms with Crippen molar-refractivity contribution < 1.29 is 9.90 Å². The number of benzene rings is 1. The number of anilines is 1. The molecule has 1 saturated carbocycles. The lowest BCUT2D eigenvalue weighted by Gasteiger charge is -2.29. The Labute approximate surface area is 146 Å². The normalized spacial score (nSPS) is 20.8. The average Bonchev–Trinajstić information content (AvgIpc) is 2.58. The molecule has 0 aliphatic heterocycles. The molecule has 1 amide bonds. The van der Waals surface area contributed by atoms with Crippen LogP contribution in [0.25, 0.3) is 10.9 Å². The molecule has 24 heavy (non-hydrogen) atoms. The maximum atomic E-state index is 10.6. The van der Waals surface area contributed by atoms with E-state index in [1.54, 1.807) is 0 Å². The van der Waals surface area contributed by atoms with Gasteiger partial charge >= 0.3 is 6.09 Å². The summed E-state index contributed by atoms with van der Waals surface area (Å²) in [6.07, 6.45) is 3.14. The highest BCUT2D eigenvalue weighted by molar-refractivity contribution is 6.35. The highest BCUT2D eigenvalue weighted by Crippen LogP contribution is 2.29. The van der Waals surface area contributed by atoms with Crippen LogP contribution in [-0.2, 0) is 0 Å². The maximum absolute atomic E-state index is 10.6. The number of pyridine rings is 1. The summed E-state index contributed by atoms with van der Waals surface area (Å²) in [6.45, 7) is 2.53. The molecular weight excluding hydrogens is 326 g/mol. The third-order valence-corrected chi connectivity index (χ3v) is 5.21. The van der Waals surface area contributed by atoms with Crippen LogP contribution in [0.2, 0.25) is 5.02 Å². The Hall–Kier alpha value is -2.01. The van der Waals surface area contributed by atoms with E-state index in [2.05, 4.69) is 15.6 Å². The van der Waals surface area contributed by atoms with Gasteiger partial charge in [-0.15, -0.1) is 0 Å². The monoisotopic (exact) mass is 347 g/mol. The molecule has 1 aromatic heterocycles. The fourth-order valence-corrected chi connectivity index (χ4v) is 3.50. The second kappa shape index (κ2) is 7.26. The summed E-state index contributed by atoms with van der Waals surface area (Å²) < 4.78 is 0. The number of carboxylic acid groups (broad SMARTS) is 1. The average molecular weight is 348 g/mol. The number of rotatable bonds is 4. The Morgan fingerprint density at radius 3 is 2.67 bits per heavy atom. The predicted octanol–water partition coefficient (Wildman–Crippen LogP) is 4.43. The van der Waals surface area contributed by atoms with E-state index in [0.29, 0.717) is 23.5 Å². The maximum Gasteiger partial charge on any atom is 0.404 e. The molecule has 0 spiro atoms. The SMILES string of the molecule is Cc1ccc2ccc(NC3CCC(CNC(=O)O)CC3)nc2c1Cl. The predicted molar refractivity (Wildman–Crippen MR) is 96.9 cm³/mol. The molecule has 1 aliphatic rings. The second-order valence-electron chi connectivity index (χ2n) is 6.51. The first kappa shape index (κ1) is 16.8. The van der Waals surface area contributed by atoms with Crippen molar-refractivity contribution in [3.63, 3.8) is 0 Å². The molecule has 1 aromatic carbocycles. The van der Waals surface area contributed by atoms with Crippen molar-refractivity contribution in [1.29, 1.82) is 0 Å². The third-order valence-electron chi connectivity index (χ3n) is 4.73. The minimum absolute atomic E-state index is 0.375. The smallest absolute Gasteiger partial charge is 0.404 e. The molecule has 3 N–H and O–H groups in total. The largest absolute Gasteiger partial charge is 0.465 e. The van der Waals surface area contributed by atoms with Gasteiger partial charge in [0.05, 0.1) is 10.5 Å². The summed E-state index contributed by atoms with van der Waals surface area (Å²) in [5.74, 6) is 1.28. The van der Waals surface area contributed by atoms with E-state index in [9.17, 15) is 4.79 Å².